The SMILES string of the molecule is Cc1nn(C)cc1C(C)Nc1cnc(C(=O)O)cn1. The zero-order valence-corrected chi connectivity index (χ0v) is 11.0. The third-order valence-electron chi connectivity index (χ3n) is 2.75. The molecule has 2 aromatic rings. The number of hydrogen-bond donors (Lipinski definition) is 2. The second-order valence-electron chi connectivity index (χ2n) is 4.30. The predicted molar refractivity (Wildman–Crippen MR) is 69.0 cm³/mol. The van der Waals surface area contributed by atoms with E-state index in [4.69, 9.17) is 5.11 Å². The van der Waals surface area contributed by atoms with Crippen molar-refractivity contribution >= 4 is 11.8 Å². The lowest BCUT2D eigenvalue weighted by atomic mass is 10.1. The molecule has 0 aromatic carbocycles. The summed E-state index contributed by atoms with van der Waals surface area (Å²) in [4.78, 5) is 18.5. The standard InChI is InChI=1S/C12H15N5O2/c1-7(9-6-17(3)16-8(9)2)15-11-5-13-10(4-14-11)12(18)19/h4-7H,1-3H3,(H,14,15)(H,18,19). The fourth-order valence-electron chi connectivity index (χ4n) is 1.86. The number of rotatable bonds is 4. The first-order valence-corrected chi connectivity index (χ1v) is 5.79. The number of nitrogens with one attached hydrogen (secondary N) is 1. The van der Waals surface area contributed by atoms with Gasteiger partial charge in [0, 0.05) is 18.8 Å². The molecular formula is C12H15N5O2. The zero-order chi connectivity index (χ0) is 14.0. The van der Waals surface area contributed by atoms with Crippen molar-refractivity contribution < 1.29 is 9.90 Å². The molecule has 100 valence electrons. The van der Waals surface area contributed by atoms with Gasteiger partial charge in [0.25, 0.3) is 0 Å². The van der Waals surface area contributed by atoms with Crippen LogP contribution in [0.25, 0.3) is 0 Å². The van der Waals surface area contributed by atoms with E-state index in [0.29, 0.717) is 5.82 Å². The van der Waals surface area contributed by atoms with Crippen molar-refractivity contribution in [1.82, 2.24) is 19.7 Å². The van der Waals surface area contributed by atoms with Crippen LogP contribution >= 0.6 is 0 Å². The molecule has 2 heterocycles. The number of carboxylic acid groups (broad SMARTS) is 1. The second-order valence-corrected chi connectivity index (χ2v) is 4.30. The van der Waals surface area contributed by atoms with Crippen LogP contribution in [0.3, 0.4) is 0 Å². The maximum absolute atomic E-state index is 10.7. The van der Waals surface area contributed by atoms with Gasteiger partial charge in [-0.3, -0.25) is 4.68 Å². The van der Waals surface area contributed by atoms with Gasteiger partial charge in [0.05, 0.1) is 24.1 Å². The summed E-state index contributed by atoms with van der Waals surface area (Å²) in [6.45, 7) is 3.92. The Morgan fingerprint density at radius 1 is 1.42 bits per heavy atom. The first kappa shape index (κ1) is 13.0. The molecule has 1 unspecified atom stereocenters. The number of carbonyl (C=O) groups is 1. The minimum Gasteiger partial charge on any atom is -0.476 e. The van der Waals surface area contributed by atoms with Crippen molar-refractivity contribution in [2.75, 3.05) is 5.32 Å². The highest BCUT2D eigenvalue weighted by Crippen LogP contribution is 2.19. The second kappa shape index (κ2) is 5.05. The third kappa shape index (κ3) is 2.87. The van der Waals surface area contributed by atoms with Gasteiger partial charge in [0.15, 0.2) is 5.69 Å². The number of aromatic nitrogens is 4. The summed E-state index contributed by atoms with van der Waals surface area (Å²) in [6.07, 6.45) is 4.57. The first-order valence-electron chi connectivity index (χ1n) is 5.79. The lowest BCUT2D eigenvalue weighted by Gasteiger charge is -2.13. The van der Waals surface area contributed by atoms with Crippen LogP contribution in [0.15, 0.2) is 18.6 Å². The summed E-state index contributed by atoms with van der Waals surface area (Å²) in [5, 5.41) is 16.2. The molecular weight excluding hydrogens is 246 g/mol. The highest BCUT2D eigenvalue weighted by Gasteiger charge is 2.12. The van der Waals surface area contributed by atoms with Crippen molar-refractivity contribution in [3.63, 3.8) is 0 Å². The Morgan fingerprint density at radius 2 is 2.16 bits per heavy atom. The zero-order valence-electron chi connectivity index (χ0n) is 11.0. The van der Waals surface area contributed by atoms with Crippen LogP contribution in [-0.2, 0) is 7.05 Å². The minimum atomic E-state index is -1.09. The molecule has 0 saturated carbocycles. The Hall–Kier alpha value is -2.44. The molecule has 0 fully saturated rings. The van der Waals surface area contributed by atoms with Crippen LogP contribution in [0.4, 0.5) is 5.82 Å². The molecule has 0 amide bonds. The van der Waals surface area contributed by atoms with Gasteiger partial charge in [-0.15, -0.1) is 0 Å². The van der Waals surface area contributed by atoms with Crippen LogP contribution in [0.2, 0.25) is 0 Å². The van der Waals surface area contributed by atoms with Crippen LogP contribution in [0, 0.1) is 6.92 Å². The monoisotopic (exact) mass is 261 g/mol. The Bertz CT molecular complexity index is 591. The summed E-state index contributed by atoms with van der Waals surface area (Å²) < 4.78 is 1.75. The molecule has 2 N–H and O–H groups in total. The molecule has 0 spiro atoms. The van der Waals surface area contributed by atoms with E-state index in [2.05, 4.69) is 20.4 Å². The fourth-order valence-corrected chi connectivity index (χ4v) is 1.86. The Morgan fingerprint density at radius 3 is 2.63 bits per heavy atom. The van der Waals surface area contributed by atoms with E-state index in [1.807, 2.05) is 27.1 Å². The van der Waals surface area contributed by atoms with Crippen molar-refractivity contribution in [2.45, 2.75) is 19.9 Å². The van der Waals surface area contributed by atoms with E-state index >= 15 is 0 Å². The lowest BCUT2D eigenvalue weighted by Crippen LogP contribution is -2.10. The van der Waals surface area contributed by atoms with Gasteiger partial charge in [-0.05, 0) is 13.8 Å². The molecule has 7 heteroatoms. The minimum absolute atomic E-state index is 0.0127. The largest absolute Gasteiger partial charge is 0.476 e. The van der Waals surface area contributed by atoms with Gasteiger partial charge in [-0.1, -0.05) is 0 Å². The van der Waals surface area contributed by atoms with Gasteiger partial charge in [-0.25, -0.2) is 14.8 Å². The maximum atomic E-state index is 10.7. The fraction of sp³-hybridized carbons (Fsp3) is 0.333. The van der Waals surface area contributed by atoms with Crippen molar-refractivity contribution in [1.29, 1.82) is 0 Å². The van der Waals surface area contributed by atoms with Crippen LogP contribution in [0.5, 0.6) is 0 Å². The number of aromatic carboxylic acids is 1. The smallest absolute Gasteiger partial charge is 0.356 e. The van der Waals surface area contributed by atoms with E-state index in [1.165, 1.54) is 12.4 Å². The average Bonchev–Trinajstić information content (AvgIpc) is 2.69. The molecule has 2 aromatic heterocycles. The first-order chi connectivity index (χ1) is 8.97. The molecule has 0 aliphatic heterocycles. The van der Waals surface area contributed by atoms with Crippen molar-refractivity contribution in [3.8, 4) is 0 Å². The number of aryl methyl sites for hydroxylation is 2. The molecule has 0 aliphatic rings. The number of anilines is 1. The lowest BCUT2D eigenvalue weighted by molar-refractivity contribution is 0.0690. The summed E-state index contributed by atoms with van der Waals surface area (Å²) >= 11 is 0. The molecule has 19 heavy (non-hydrogen) atoms. The molecule has 1 atom stereocenters. The van der Waals surface area contributed by atoms with Crippen LogP contribution in [0.1, 0.15) is 34.7 Å². The maximum Gasteiger partial charge on any atom is 0.356 e. The predicted octanol–water partition coefficient (Wildman–Crippen LogP) is 1.39. The van der Waals surface area contributed by atoms with Crippen LogP contribution in [-0.4, -0.2) is 30.8 Å². The van der Waals surface area contributed by atoms with Gasteiger partial charge in [0.2, 0.25) is 0 Å². The van der Waals surface area contributed by atoms with Crippen LogP contribution < -0.4 is 5.32 Å². The summed E-state index contributed by atoms with van der Waals surface area (Å²) in [5.41, 5.74) is 1.93. The van der Waals surface area contributed by atoms with Gasteiger partial charge < -0.3 is 10.4 Å². The number of nitrogens with zero attached hydrogens (tertiary/aromatic N) is 4. The molecule has 0 bridgehead atoms. The third-order valence-corrected chi connectivity index (χ3v) is 2.75. The molecule has 0 aliphatic carbocycles. The van der Waals surface area contributed by atoms with E-state index in [-0.39, 0.29) is 11.7 Å². The quantitative estimate of drug-likeness (QED) is 0.864. The van der Waals surface area contributed by atoms with Crippen molar-refractivity contribution in [2.24, 2.45) is 7.05 Å². The molecule has 2 rings (SSSR count). The average molecular weight is 261 g/mol. The molecule has 0 radical (unpaired) electrons. The van der Waals surface area contributed by atoms with Crippen molar-refractivity contribution in [3.05, 3.63) is 35.5 Å². The summed E-state index contributed by atoms with van der Waals surface area (Å²) in [7, 11) is 1.87. The normalized spacial score (nSPS) is 12.2. The van der Waals surface area contributed by atoms with E-state index in [9.17, 15) is 4.79 Å². The van der Waals surface area contributed by atoms with E-state index in [1.54, 1.807) is 4.68 Å². The van der Waals surface area contributed by atoms with Gasteiger partial charge in [-0.2, -0.15) is 5.10 Å². The summed E-state index contributed by atoms with van der Waals surface area (Å²) in [5.74, 6) is -0.559. The van der Waals surface area contributed by atoms with E-state index < -0.39 is 5.97 Å². The highest BCUT2D eigenvalue weighted by atomic mass is 16.4. The number of carboxylic acids is 1. The molecule has 7 nitrogen and oxygen atoms in total. The number of hydrogen-bond acceptors (Lipinski definition) is 5. The summed E-state index contributed by atoms with van der Waals surface area (Å²) in [6, 6.07) is 0.0127. The Labute approximate surface area is 110 Å². The Balaban J connectivity index is 2.12. The van der Waals surface area contributed by atoms with E-state index in [0.717, 1.165) is 11.3 Å². The van der Waals surface area contributed by atoms with Gasteiger partial charge >= 0.3 is 5.97 Å². The molecule has 0 saturated heterocycles. The topological polar surface area (TPSA) is 92.9 Å². The Kier molecular flexibility index (Phi) is 3.46. The highest BCUT2D eigenvalue weighted by molar-refractivity contribution is 5.84. The van der Waals surface area contributed by atoms with Gasteiger partial charge in [0.1, 0.15) is 5.82 Å².